The molecule has 3 aromatic heterocycles. The molecule has 0 unspecified atom stereocenters. The third-order valence-corrected chi connectivity index (χ3v) is 4.72. The summed E-state index contributed by atoms with van der Waals surface area (Å²) in [5.74, 6) is 0.433. The minimum absolute atomic E-state index is 0.285. The number of fused-ring (bicyclic) bond motifs is 1. The second-order valence-corrected chi connectivity index (χ2v) is 6.34. The summed E-state index contributed by atoms with van der Waals surface area (Å²) in [4.78, 5) is 23.0. The van der Waals surface area contributed by atoms with Gasteiger partial charge in [-0.1, -0.05) is 12.8 Å². The number of hydrogen-bond donors (Lipinski definition) is 3. The smallest absolute Gasteiger partial charge is 0.219 e. The fourth-order valence-electron chi connectivity index (χ4n) is 3.60. The first-order chi connectivity index (χ1) is 11.7. The normalized spacial score (nSPS) is 16.5. The van der Waals surface area contributed by atoms with Gasteiger partial charge in [0.1, 0.15) is 17.8 Å². The summed E-state index contributed by atoms with van der Waals surface area (Å²) in [7, 11) is 0. The van der Waals surface area contributed by atoms with E-state index in [1.54, 1.807) is 6.20 Å². The van der Waals surface area contributed by atoms with Crippen LogP contribution in [0.4, 0.5) is 11.5 Å². The highest BCUT2D eigenvalue weighted by atomic mass is 16.1. The Balaban J connectivity index is 1.62. The fourth-order valence-corrected chi connectivity index (χ4v) is 3.60. The van der Waals surface area contributed by atoms with E-state index < -0.39 is 0 Å². The number of carbonyl (C=O) groups is 1. The summed E-state index contributed by atoms with van der Waals surface area (Å²) in [5, 5.41) is 8.67. The van der Waals surface area contributed by atoms with Crippen LogP contribution in [0.2, 0.25) is 0 Å². The van der Waals surface area contributed by atoms with E-state index in [9.17, 15) is 4.79 Å². The van der Waals surface area contributed by atoms with E-state index in [-0.39, 0.29) is 11.4 Å². The van der Waals surface area contributed by atoms with Crippen LogP contribution in [0.15, 0.2) is 31.0 Å². The van der Waals surface area contributed by atoms with E-state index in [4.69, 9.17) is 5.73 Å². The van der Waals surface area contributed by atoms with Crippen LogP contribution in [0.5, 0.6) is 0 Å². The van der Waals surface area contributed by atoms with Crippen molar-refractivity contribution in [3.05, 3.63) is 31.0 Å². The first kappa shape index (κ1) is 14.7. The van der Waals surface area contributed by atoms with Gasteiger partial charge in [0.25, 0.3) is 0 Å². The molecule has 8 heteroatoms. The van der Waals surface area contributed by atoms with Gasteiger partial charge in [-0.25, -0.2) is 9.97 Å². The molecule has 1 fully saturated rings. The Kier molecular flexibility index (Phi) is 3.44. The lowest BCUT2D eigenvalue weighted by molar-refractivity contribution is -0.120. The van der Waals surface area contributed by atoms with Gasteiger partial charge in [0.15, 0.2) is 0 Å². The molecule has 0 aromatic carbocycles. The number of primary amides is 1. The zero-order valence-corrected chi connectivity index (χ0v) is 13.2. The predicted octanol–water partition coefficient (Wildman–Crippen LogP) is 2.04. The van der Waals surface area contributed by atoms with Crippen LogP contribution in [0.25, 0.3) is 11.0 Å². The average molecular weight is 325 g/mol. The zero-order valence-electron chi connectivity index (χ0n) is 13.2. The van der Waals surface area contributed by atoms with Crippen LogP contribution in [0, 0.1) is 0 Å². The van der Waals surface area contributed by atoms with Gasteiger partial charge in [0.2, 0.25) is 5.91 Å². The Bertz CT molecular complexity index is 875. The first-order valence-corrected chi connectivity index (χ1v) is 8.05. The minimum Gasteiger partial charge on any atom is -0.370 e. The molecule has 3 heterocycles. The highest BCUT2D eigenvalue weighted by molar-refractivity contribution is 5.88. The molecule has 0 aliphatic heterocycles. The van der Waals surface area contributed by atoms with Crippen molar-refractivity contribution in [1.29, 1.82) is 0 Å². The van der Waals surface area contributed by atoms with Crippen LogP contribution in [-0.2, 0) is 10.3 Å². The molecule has 124 valence electrons. The van der Waals surface area contributed by atoms with Crippen molar-refractivity contribution < 1.29 is 4.79 Å². The van der Waals surface area contributed by atoms with E-state index >= 15 is 0 Å². The molecule has 0 atom stereocenters. The number of hydrogen-bond acceptors (Lipinski definition) is 5. The average Bonchev–Trinajstić information content (AvgIpc) is 3.26. The second-order valence-electron chi connectivity index (χ2n) is 6.34. The molecule has 8 nitrogen and oxygen atoms in total. The van der Waals surface area contributed by atoms with E-state index in [0.29, 0.717) is 6.42 Å². The highest BCUT2D eigenvalue weighted by Crippen LogP contribution is 2.39. The molecule has 4 rings (SSSR count). The number of amides is 1. The van der Waals surface area contributed by atoms with Crippen LogP contribution < -0.4 is 11.1 Å². The summed E-state index contributed by atoms with van der Waals surface area (Å²) >= 11 is 0. The Morgan fingerprint density at radius 2 is 2.21 bits per heavy atom. The Labute approximate surface area is 138 Å². The third-order valence-electron chi connectivity index (χ3n) is 4.72. The number of anilines is 2. The van der Waals surface area contributed by atoms with Crippen molar-refractivity contribution >= 4 is 28.4 Å². The molecular formula is C16H19N7O. The largest absolute Gasteiger partial charge is 0.370 e. The van der Waals surface area contributed by atoms with Crippen molar-refractivity contribution in [2.45, 2.75) is 37.6 Å². The predicted molar refractivity (Wildman–Crippen MR) is 89.7 cm³/mol. The number of carbonyl (C=O) groups excluding carboxylic acids is 1. The minimum atomic E-state index is -0.291. The molecule has 4 N–H and O–H groups in total. The molecule has 0 saturated heterocycles. The second kappa shape index (κ2) is 5.63. The highest BCUT2D eigenvalue weighted by Gasteiger charge is 2.38. The summed E-state index contributed by atoms with van der Waals surface area (Å²) < 4.78 is 1.89. The molecule has 1 amide bonds. The Hall–Kier alpha value is -2.90. The van der Waals surface area contributed by atoms with E-state index in [1.807, 2.05) is 23.1 Å². The lowest BCUT2D eigenvalue weighted by atomic mass is 9.93. The maximum Gasteiger partial charge on any atom is 0.219 e. The third kappa shape index (κ3) is 2.49. The van der Waals surface area contributed by atoms with E-state index in [1.165, 1.54) is 6.33 Å². The summed E-state index contributed by atoms with van der Waals surface area (Å²) in [5.41, 5.74) is 6.77. The number of H-pyrrole nitrogens is 1. The standard InChI is InChI=1S/C16H19N7O/c17-13(24)7-16(4-1-2-5-16)23-9-11(8-21-23)22-15-12-3-6-18-14(12)19-10-20-15/h3,6,8-10H,1-2,4-5,7H2,(H2,17,24)(H2,18,19,20,22). The number of aromatic amines is 1. The first-order valence-electron chi connectivity index (χ1n) is 8.05. The van der Waals surface area contributed by atoms with Crippen LogP contribution >= 0.6 is 0 Å². The summed E-state index contributed by atoms with van der Waals surface area (Å²) in [6, 6.07) is 1.92. The summed E-state index contributed by atoms with van der Waals surface area (Å²) in [6.45, 7) is 0. The van der Waals surface area contributed by atoms with Gasteiger partial charge in [-0.2, -0.15) is 5.10 Å². The number of rotatable bonds is 5. The Morgan fingerprint density at radius 3 is 3.00 bits per heavy atom. The molecule has 3 aromatic rings. The molecular weight excluding hydrogens is 306 g/mol. The van der Waals surface area contributed by atoms with Gasteiger partial charge in [-0.15, -0.1) is 0 Å². The van der Waals surface area contributed by atoms with Crippen molar-refractivity contribution in [2.75, 3.05) is 5.32 Å². The van der Waals surface area contributed by atoms with Gasteiger partial charge < -0.3 is 16.0 Å². The van der Waals surface area contributed by atoms with Crippen molar-refractivity contribution in [1.82, 2.24) is 24.7 Å². The molecule has 1 saturated carbocycles. The lowest BCUT2D eigenvalue weighted by Gasteiger charge is -2.28. The van der Waals surface area contributed by atoms with Crippen molar-refractivity contribution in [3.8, 4) is 0 Å². The van der Waals surface area contributed by atoms with Gasteiger partial charge in [-0.05, 0) is 18.9 Å². The van der Waals surface area contributed by atoms with Gasteiger partial charge in [0.05, 0.1) is 29.2 Å². The molecule has 1 aliphatic carbocycles. The van der Waals surface area contributed by atoms with Crippen LogP contribution in [0.1, 0.15) is 32.1 Å². The Morgan fingerprint density at radius 1 is 1.38 bits per heavy atom. The van der Waals surface area contributed by atoms with Crippen LogP contribution in [0.3, 0.4) is 0 Å². The molecule has 0 spiro atoms. The number of nitrogens with zero attached hydrogens (tertiary/aromatic N) is 4. The molecule has 1 aliphatic rings. The van der Waals surface area contributed by atoms with E-state index in [0.717, 1.165) is 48.2 Å². The van der Waals surface area contributed by atoms with Crippen LogP contribution in [-0.4, -0.2) is 30.6 Å². The number of nitrogens with one attached hydrogen (secondary N) is 2. The quantitative estimate of drug-likeness (QED) is 0.664. The number of aromatic nitrogens is 5. The zero-order chi connectivity index (χ0) is 16.6. The SMILES string of the molecule is NC(=O)CC1(n2cc(Nc3ncnc4[nH]ccc34)cn2)CCCC1. The molecule has 0 bridgehead atoms. The maximum atomic E-state index is 11.5. The van der Waals surface area contributed by atoms with Crippen molar-refractivity contribution in [2.24, 2.45) is 5.73 Å². The molecule has 24 heavy (non-hydrogen) atoms. The van der Waals surface area contributed by atoms with Crippen molar-refractivity contribution in [3.63, 3.8) is 0 Å². The topological polar surface area (TPSA) is 115 Å². The van der Waals surface area contributed by atoms with Gasteiger partial charge >= 0.3 is 0 Å². The summed E-state index contributed by atoms with van der Waals surface area (Å²) in [6.07, 6.45) is 11.4. The molecule has 0 radical (unpaired) electrons. The lowest BCUT2D eigenvalue weighted by Crippen LogP contribution is -2.35. The fraction of sp³-hybridized carbons (Fsp3) is 0.375. The van der Waals surface area contributed by atoms with E-state index in [2.05, 4.69) is 25.4 Å². The van der Waals surface area contributed by atoms with Gasteiger partial charge in [0, 0.05) is 12.4 Å². The monoisotopic (exact) mass is 325 g/mol. The van der Waals surface area contributed by atoms with Gasteiger partial charge in [-0.3, -0.25) is 9.48 Å². The number of nitrogens with two attached hydrogens (primary N) is 1. The maximum absolute atomic E-state index is 11.5.